The molecular weight excluding hydrogens is 641 g/mol. The first-order valence-corrected chi connectivity index (χ1v) is 18.1. The van der Waals surface area contributed by atoms with Gasteiger partial charge in [-0.1, -0.05) is 151 Å². The summed E-state index contributed by atoms with van der Waals surface area (Å²) < 4.78 is 0. The molecule has 51 heavy (non-hydrogen) atoms. The van der Waals surface area contributed by atoms with E-state index in [1.54, 1.807) is 0 Å². The Labute approximate surface area is 301 Å². The molecule has 0 bridgehead atoms. The van der Waals surface area contributed by atoms with Crippen LogP contribution >= 0.6 is 11.8 Å². The molecule has 1 atom stereocenters. The number of aliphatic imine (C=N–C) groups is 1. The molecule has 3 aliphatic rings. The third kappa shape index (κ3) is 4.48. The van der Waals surface area contributed by atoms with Gasteiger partial charge in [-0.25, -0.2) is 4.99 Å². The van der Waals surface area contributed by atoms with Crippen LogP contribution in [0.5, 0.6) is 0 Å². The van der Waals surface area contributed by atoms with Crippen LogP contribution in [0, 0.1) is 6.92 Å². The fourth-order valence-corrected chi connectivity index (χ4v) is 9.46. The average molecular weight is 673 g/mol. The number of hydrazine groups is 1. The number of amidine groups is 1. The van der Waals surface area contributed by atoms with E-state index < -0.39 is 5.41 Å². The Bertz CT molecular complexity index is 2570. The first-order chi connectivity index (χ1) is 25.2. The minimum atomic E-state index is -0.609. The third-order valence-corrected chi connectivity index (χ3v) is 11.4. The van der Waals surface area contributed by atoms with E-state index in [1.807, 2.05) is 17.8 Å². The zero-order valence-corrected chi connectivity index (χ0v) is 28.7. The fourth-order valence-electron chi connectivity index (χ4n) is 8.23. The second kappa shape index (κ2) is 11.7. The Morgan fingerprint density at radius 2 is 1.14 bits per heavy atom. The Kier molecular flexibility index (Phi) is 6.83. The largest absolute Gasteiger partial charge is 0.297 e. The highest BCUT2D eigenvalue weighted by Crippen LogP contribution is 2.64. The molecule has 10 rings (SSSR count). The molecule has 1 aromatic heterocycles. The monoisotopic (exact) mass is 672 g/mol. The van der Waals surface area contributed by atoms with Crippen molar-refractivity contribution in [1.29, 1.82) is 0 Å². The molecule has 3 heterocycles. The summed E-state index contributed by atoms with van der Waals surface area (Å²) in [5.41, 5.74) is 22.1. The molecule has 4 nitrogen and oxygen atoms in total. The second-order valence-corrected chi connectivity index (χ2v) is 14.2. The average Bonchev–Trinajstić information content (AvgIpc) is 3.49. The maximum absolute atomic E-state index is 5.49. The molecule has 5 heteroatoms. The van der Waals surface area contributed by atoms with E-state index >= 15 is 0 Å². The van der Waals surface area contributed by atoms with Crippen LogP contribution in [0.25, 0.3) is 33.8 Å². The summed E-state index contributed by atoms with van der Waals surface area (Å²) >= 11 is 1.85. The Balaban J connectivity index is 1.34. The molecule has 1 spiro atoms. The number of pyridine rings is 1. The van der Waals surface area contributed by atoms with Gasteiger partial charge in [-0.3, -0.25) is 15.8 Å². The Morgan fingerprint density at radius 3 is 1.96 bits per heavy atom. The van der Waals surface area contributed by atoms with Gasteiger partial charge in [0.25, 0.3) is 0 Å². The summed E-state index contributed by atoms with van der Waals surface area (Å²) in [5.74, 6) is 0.779. The standard InChI is InChI=1S/C46H32N4S/c1-29-15-12-26-38(47-29)33-21-13-25-37-41(33)32-20-8-9-23-35(32)46(37)36-24-10-11-27-39(36)51-40-28-14-22-34(42(40)46)44-43(30-16-4-2-5-17-30)49-50-45(48-44)31-18-6-3-7-19-31/h2-28,49H,1H3,(H,48,50). The molecule has 2 N–H and O–H groups in total. The van der Waals surface area contributed by atoms with Gasteiger partial charge in [-0.15, -0.1) is 0 Å². The van der Waals surface area contributed by atoms with Crippen molar-refractivity contribution in [2.24, 2.45) is 4.99 Å². The maximum Gasteiger partial charge on any atom is 0.152 e. The van der Waals surface area contributed by atoms with Gasteiger partial charge in [-0.05, 0) is 64.6 Å². The summed E-state index contributed by atoms with van der Waals surface area (Å²) in [6.45, 7) is 2.06. The number of nitrogens with zero attached hydrogens (tertiary/aromatic N) is 2. The van der Waals surface area contributed by atoms with Gasteiger partial charge in [0.05, 0.1) is 22.5 Å². The molecule has 7 aromatic rings. The van der Waals surface area contributed by atoms with E-state index in [9.17, 15) is 0 Å². The third-order valence-electron chi connectivity index (χ3n) is 10.3. The lowest BCUT2D eigenvalue weighted by Crippen LogP contribution is -2.40. The molecule has 0 saturated heterocycles. The normalized spacial score (nSPS) is 16.7. The van der Waals surface area contributed by atoms with Crippen LogP contribution in [-0.4, -0.2) is 10.8 Å². The van der Waals surface area contributed by atoms with Crippen molar-refractivity contribution < 1.29 is 0 Å². The molecule has 0 amide bonds. The zero-order valence-electron chi connectivity index (χ0n) is 27.9. The number of fused-ring (bicyclic) bond motifs is 9. The van der Waals surface area contributed by atoms with E-state index in [0.29, 0.717) is 0 Å². The van der Waals surface area contributed by atoms with Crippen molar-refractivity contribution in [3.63, 3.8) is 0 Å². The van der Waals surface area contributed by atoms with Gasteiger partial charge >= 0.3 is 0 Å². The molecule has 0 radical (unpaired) electrons. The van der Waals surface area contributed by atoms with Gasteiger partial charge < -0.3 is 0 Å². The summed E-state index contributed by atoms with van der Waals surface area (Å²) in [4.78, 5) is 13.0. The Hall–Kier alpha value is -6.17. The van der Waals surface area contributed by atoms with E-state index in [0.717, 1.165) is 50.9 Å². The van der Waals surface area contributed by atoms with E-state index in [4.69, 9.17) is 9.98 Å². The zero-order chi connectivity index (χ0) is 33.9. The summed E-state index contributed by atoms with van der Waals surface area (Å²) in [6, 6.07) is 58.6. The number of hydrogen-bond donors (Lipinski definition) is 2. The highest BCUT2D eigenvalue weighted by molar-refractivity contribution is 7.99. The smallest absolute Gasteiger partial charge is 0.152 e. The number of benzene rings is 6. The number of aryl methyl sites for hydroxylation is 1. The highest BCUT2D eigenvalue weighted by Gasteiger charge is 2.52. The lowest BCUT2D eigenvalue weighted by molar-refractivity contribution is 0.718. The van der Waals surface area contributed by atoms with Gasteiger partial charge in [0.15, 0.2) is 5.84 Å². The fraction of sp³-hybridized carbons (Fsp3) is 0.0435. The van der Waals surface area contributed by atoms with Crippen molar-refractivity contribution in [3.05, 3.63) is 208 Å². The van der Waals surface area contributed by atoms with Crippen LogP contribution in [0.1, 0.15) is 44.6 Å². The predicted octanol–water partition coefficient (Wildman–Crippen LogP) is 10.3. The van der Waals surface area contributed by atoms with E-state index in [2.05, 4.69) is 176 Å². The summed E-state index contributed by atoms with van der Waals surface area (Å²) in [6.07, 6.45) is 0. The topological polar surface area (TPSA) is 49.3 Å². The second-order valence-electron chi connectivity index (χ2n) is 13.1. The summed E-state index contributed by atoms with van der Waals surface area (Å²) in [7, 11) is 0. The number of aromatic nitrogens is 1. The number of hydrogen-bond acceptors (Lipinski definition) is 5. The van der Waals surface area contributed by atoms with Crippen molar-refractivity contribution in [2.75, 3.05) is 0 Å². The van der Waals surface area contributed by atoms with Crippen LogP contribution in [0.4, 0.5) is 0 Å². The molecule has 1 aliphatic carbocycles. The SMILES string of the molecule is Cc1cccc(-c2cccc3c2-c2ccccc2C32c3ccccc3Sc3cccc(C4=C(c5ccccc5)NNC(c5ccccc5)=N4)c32)n1. The van der Waals surface area contributed by atoms with Gasteiger partial charge in [0, 0.05) is 37.7 Å². The van der Waals surface area contributed by atoms with Crippen LogP contribution in [0.15, 0.2) is 179 Å². The highest BCUT2D eigenvalue weighted by atomic mass is 32.2. The minimum Gasteiger partial charge on any atom is -0.297 e. The van der Waals surface area contributed by atoms with E-state index in [1.165, 1.54) is 43.2 Å². The van der Waals surface area contributed by atoms with Crippen LogP contribution in [-0.2, 0) is 5.41 Å². The molecule has 0 saturated carbocycles. The van der Waals surface area contributed by atoms with Crippen molar-refractivity contribution in [2.45, 2.75) is 22.1 Å². The number of rotatable bonds is 4. The molecule has 0 fully saturated rings. The van der Waals surface area contributed by atoms with Gasteiger partial charge in [0.1, 0.15) is 0 Å². The van der Waals surface area contributed by atoms with E-state index in [-0.39, 0.29) is 0 Å². The van der Waals surface area contributed by atoms with Crippen LogP contribution < -0.4 is 10.9 Å². The Morgan fingerprint density at radius 1 is 0.510 bits per heavy atom. The molecule has 2 aliphatic heterocycles. The van der Waals surface area contributed by atoms with Crippen LogP contribution in [0.2, 0.25) is 0 Å². The lowest BCUT2D eigenvalue weighted by Gasteiger charge is -2.41. The quantitative estimate of drug-likeness (QED) is 0.195. The predicted molar refractivity (Wildman–Crippen MR) is 208 cm³/mol. The van der Waals surface area contributed by atoms with Crippen molar-refractivity contribution in [3.8, 4) is 22.4 Å². The number of nitrogens with one attached hydrogen (secondary N) is 2. The van der Waals surface area contributed by atoms with Gasteiger partial charge in [-0.2, -0.15) is 0 Å². The maximum atomic E-state index is 5.49. The first kappa shape index (κ1) is 29.7. The summed E-state index contributed by atoms with van der Waals surface area (Å²) in [5, 5.41) is 0. The van der Waals surface area contributed by atoms with Gasteiger partial charge in [0.2, 0.25) is 0 Å². The molecule has 6 aromatic carbocycles. The van der Waals surface area contributed by atoms with Crippen LogP contribution in [0.3, 0.4) is 0 Å². The lowest BCUT2D eigenvalue weighted by atomic mass is 9.65. The van der Waals surface area contributed by atoms with Crippen molar-refractivity contribution in [1.82, 2.24) is 15.8 Å². The molecule has 1 unspecified atom stereocenters. The molecular formula is C46H32N4S. The minimum absolute atomic E-state index is 0.609. The van der Waals surface area contributed by atoms with Crippen molar-refractivity contribution >= 4 is 29.0 Å². The first-order valence-electron chi connectivity index (χ1n) is 17.3. The molecule has 242 valence electrons.